The maximum absolute atomic E-state index is 12.6. The number of nitrogens with zero attached hydrogens (tertiary/aromatic N) is 3. The number of piperazine rings is 1. The lowest BCUT2D eigenvalue weighted by molar-refractivity contribution is -0.139. The number of fused-ring (bicyclic) bond motifs is 1. The zero-order chi connectivity index (χ0) is 19.1. The Bertz CT molecular complexity index is 749. The van der Waals surface area contributed by atoms with E-state index in [0.717, 1.165) is 16.8 Å². The van der Waals surface area contributed by atoms with Crippen molar-refractivity contribution in [3.8, 4) is 0 Å². The number of carbonyl (C=O) groups is 3. The lowest BCUT2D eigenvalue weighted by Crippen LogP contribution is -2.50. The van der Waals surface area contributed by atoms with E-state index in [0.29, 0.717) is 39.0 Å². The first kappa shape index (κ1) is 18.4. The fourth-order valence-corrected chi connectivity index (χ4v) is 3.85. The molecule has 0 aromatic heterocycles. The van der Waals surface area contributed by atoms with E-state index in [1.54, 1.807) is 11.9 Å². The molecular formula is C20H27N3O3. The van der Waals surface area contributed by atoms with Gasteiger partial charge >= 0.3 is 0 Å². The molecule has 1 aromatic rings. The van der Waals surface area contributed by atoms with Gasteiger partial charge in [-0.25, -0.2) is 0 Å². The Kier molecular flexibility index (Phi) is 4.78. The highest BCUT2D eigenvalue weighted by Gasteiger charge is 2.42. The van der Waals surface area contributed by atoms with E-state index in [4.69, 9.17) is 0 Å². The highest BCUT2D eigenvalue weighted by molar-refractivity contribution is 6.07. The van der Waals surface area contributed by atoms with Gasteiger partial charge in [0.15, 0.2) is 0 Å². The lowest BCUT2D eigenvalue weighted by Gasteiger charge is -2.34. The van der Waals surface area contributed by atoms with Crippen molar-refractivity contribution in [2.24, 2.45) is 0 Å². The predicted octanol–water partition coefficient (Wildman–Crippen LogP) is 1.56. The maximum Gasteiger partial charge on any atom is 0.236 e. The van der Waals surface area contributed by atoms with E-state index in [9.17, 15) is 14.4 Å². The Morgan fingerprint density at radius 2 is 1.62 bits per heavy atom. The van der Waals surface area contributed by atoms with Crippen LogP contribution in [0.25, 0.3) is 0 Å². The van der Waals surface area contributed by atoms with Gasteiger partial charge in [-0.2, -0.15) is 0 Å². The van der Waals surface area contributed by atoms with Gasteiger partial charge in [-0.05, 0) is 31.0 Å². The molecule has 26 heavy (non-hydrogen) atoms. The molecule has 0 atom stereocenters. The first-order chi connectivity index (χ1) is 12.3. The normalized spacial score (nSPS) is 18.9. The first-order valence-electron chi connectivity index (χ1n) is 9.22. The van der Waals surface area contributed by atoms with Crippen molar-refractivity contribution in [2.45, 2.75) is 39.0 Å². The van der Waals surface area contributed by atoms with Gasteiger partial charge in [-0.1, -0.05) is 19.1 Å². The van der Waals surface area contributed by atoms with Crippen molar-refractivity contribution < 1.29 is 14.4 Å². The van der Waals surface area contributed by atoms with Gasteiger partial charge in [0.2, 0.25) is 17.7 Å². The number of hydrogen-bond acceptors (Lipinski definition) is 3. The van der Waals surface area contributed by atoms with Crippen LogP contribution >= 0.6 is 0 Å². The fraction of sp³-hybridized carbons (Fsp3) is 0.550. The average Bonchev–Trinajstić information content (AvgIpc) is 2.81. The number of rotatable bonds is 3. The van der Waals surface area contributed by atoms with E-state index in [-0.39, 0.29) is 17.7 Å². The van der Waals surface area contributed by atoms with Crippen molar-refractivity contribution in [1.82, 2.24) is 9.80 Å². The minimum atomic E-state index is -0.560. The minimum Gasteiger partial charge on any atom is -0.339 e. The molecule has 0 N–H and O–H groups in total. The average molecular weight is 357 g/mol. The summed E-state index contributed by atoms with van der Waals surface area (Å²) >= 11 is 0. The number of hydrogen-bond donors (Lipinski definition) is 0. The summed E-state index contributed by atoms with van der Waals surface area (Å²) < 4.78 is 0. The highest BCUT2D eigenvalue weighted by atomic mass is 16.2. The largest absolute Gasteiger partial charge is 0.339 e. The van der Waals surface area contributed by atoms with E-state index in [2.05, 4.69) is 0 Å². The molecule has 6 heteroatoms. The fourth-order valence-electron chi connectivity index (χ4n) is 3.85. The Morgan fingerprint density at radius 3 is 2.19 bits per heavy atom. The Hall–Kier alpha value is -2.37. The van der Waals surface area contributed by atoms with Crippen LogP contribution in [0, 0.1) is 0 Å². The third-order valence-corrected chi connectivity index (χ3v) is 5.58. The number of anilines is 1. The van der Waals surface area contributed by atoms with E-state index >= 15 is 0 Å². The molecule has 2 aliphatic heterocycles. The van der Waals surface area contributed by atoms with E-state index in [1.165, 1.54) is 0 Å². The molecule has 0 unspecified atom stereocenters. The molecule has 3 amide bonds. The second-order valence-electron chi connectivity index (χ2n) is 7.63. The van der Waals surface area contributed by atoms with Crippen LogP contribution in [0.15, 0.2) is 18.2 Å². The third-order valence-electron chi connectivity index (χ3n) is 5.58. The molecule has 6 nitrogen and oxygen atoms in total. The summed E-state index contributed by atoms with van der Waals surface area (Å²) in [5, 5.41) is 0. The molecule has 0 saturated carbocycles. The van der Waals surface area contributed by atoms with Crippen molar-refractivity contribution in [3.63, 3.8) is 0 Å². The smallest absolute Gasteiger partial charge is 0.236 e. The molecule has 0 aliphatic carbocycles. The summed E-state index contributed by atoms with van der Waals surface area (Å²) in [6.45, 7) is 8.09. The topological polar surface area (TPSA) is 60.9 Å². The second-order valence-corrected chi connectivity index (χ2v) is 7.63. The summed E-state index contributed by atoms with van der Waals surface area (Å²) in [6, 6.07) is 5.85. The lowest BCUT2D eigenvalue weighted by atomic mass is 9.85. The summed E-state index contributed by atoms with van der Waals surface area (Å²) in [5.74, 6) is 0.295. The van der Waals surface area contributed by atoms with Gasteiger partial charge in [0.1, 0.15) is 0 Å². The Morgan fingerprint density at radius 1 is 1.04 bits per heavy atom. The first-order valence-corrected chi connectivity index (χ1v) is 9.22. The van der Waals surface area contributed by atoms with Crippen molar-refractivity contribution in [3.05, 3.63) is 29.3 Å². The molecular weight excluding hydrogens is 330 g/mol. The molecule has 0 radical (unpaired) electrons. The number of likely N-dealkylation sites (N-methyl/N-ethyl adjacent to an activating group) is 1. The summed E-state index contributed by atoms with van der Waals surface area (Å²) in [5.41, 5.74) is 2.27. The molecule has 1 aromatic carbocycles. The number of carbonyl (C=O) groups excluding carboxylic acids is 3. The van der Waals surface area contributed by atoms with Gasteiger partial charge in [0, 0.05) is 45.3 Å². The van der Waals surface area contributed by atoms with Gasteiger partial charge in [-0.3, -0.25) is 14.4 Å². The van der Waals surface area contributed by atoms with Gasteiger partial charge < -0.3 is 14.7 Å². The molecule has 2 aliphatic rings. The Labute approximate surface area is 154 Å². The highest BCUT2D eigenvalue weighted by Crippen LogP contribution is 2.41. The molecule has 2 heterocycles. The molecule has 140 valence electrons. The number of benzene rings is 1. The second kappa shape index (κ2) is 6.74. The third kappa shape index (κ3) is 3.08. The van der Waals surface area contributed by atoms with Crippen LogP contribution in [0.1, 0.15) is 38.3 Å². The van der Waals surface area contributed by atoms with Crippen LogP contribution in [0.4, 0.5) is 5.69 Å². The molecule has 0 bridgehead atoms. The predicted molar refractivity (Wildman–Crippen MR) is 100 cm³/mol. The summed E-state index contributed by atoms with van der Waals surface area (Å²) in [4.78, 5) is 42.1. The van der Waals surface area contributed by atoms with Crippen LogP contribution in [-0.2, 0) is 26.2 Å². The standard InChI is InChI=1S/C20H27N3O3/c1-5-17(24)22-8-10-23(11-9-22)18(25)13-14-6-7-16-15(12-14)20(2,3)19(26)21(16)4/h6-7,12H,5,8-11,13H2,1-4H3. The van der Waals surface area contributed by atoms with Crippen molar-refractivity contribution >= 4 is 23.4 Å². The van der Waals surface area contributed by atoms with Gasteiger partial charge in [0.25, 0.3) is 0 Å². The zero-order valence-electron chi connectivity index (χ0n) is 16.0. The quantitative estimate of drug-likeness (QED) is 0.825. The van der Waals surface area contributed by atoms with E-state index in [1.807, 2.05) is 48.8 Å². The van der Waals surface area contributed by atoms with Crippen LogP contribution in [0.2, 0.25) is 0 Å². The van der Waals surface area contributed by atoms with E-state index < -0.39 is 5.41 Å². The molecule has 0 spiro atoms. The van der Waals surface area contributed by atoms with Crippen LogP contribution in [-0.4, -0.2) is 60.7 Å². The van der Waals surface area contributed by atoms with Crippen LogP contribution in [0.5, 0.6) is 0 Å². The molecule has 1 saturated heterocycles. The molecule has 1 fully saturated rings. The monoisotopic (exact) mass is 357 g/mol. The van der Waals surface area contributed by atoms with Crippen LogP contribution < -0.4 is 4.90 Å². The Balaban J connectivity index is 1.68. The zero-order valence-corrected chi connectivity index (χ0v) is 16.0. The minimum absolute atomic E-state index is 0.0732. The van der Waals surface area contributed by atoms with Gasteiger partial charge in [-0.15, -0.1) is 0 Å². The maximum atomic E-state index is 12.6. The van der Waals surface area contributed by atoms with Crippen molar-refractivity contribution in [2.75, 3.05) is 38.1 Å². The molecule has 3 rings (SSSR count). The summed E-state index contributed by atoms with van der Waals surface area (Å²) in [7, 11) is 1.79. The van der Waals surface area contributed by atoms with Crippen molar-refractivity contribution in [1.29, 1.82) is 0 Å². The van der Waals surface area contributed by atoms with Crippen LogP contribution in [0.3, 0.4) is 0 Å². The number of amides is 3. The SMILES string of the molecule is CCC(=O)N1CCN(C(=O)Cc2ccc3c(c2)C(C)(C)C(=O)N3C)CC1. The van der Waals surface area contributed by atoms with Gasteiger partial charge in [0.05, 0.1) is 11.8 Å². The summed E-state index contributed by atoms with van der Waals surface area (Å²) in [6.07, 6.45) is 0.828.